The van der Waals surface area contributed by atoms with Crippen molar-refractivity contribution in [2.24, 2.45) is 0 Å². The molecule has 1 aromatic carbocycles. The van der Waals surface area contributed by atoms with Gasteiger partial charge >= 0.3 is 12.0 Å². The summed E-state index contributed by atoms with van der Waals surface area (Å²) in [5.41, 5.74) is 1.34. The molecule has 0 aliphatic carbocycles. The van der Waals surface area contributed by atoms with Gasteiger partial charge in [-0.1, -0.05) is 31.4 Å². The molecule has 0 saturated heterocycles. The summed E-state index contributed by atoms with van der Waals surface area (Å²) in [6.45, 7) is 1.99. The van der Waals surface area contributed by atoms with E-state index in [-0.39, 0.29) is 12.1 Å². The van der Waals surface area contributed by atoms with Crippen LogP contribution in [0, 0.1) is 12.3 Å². The number of nitrogens with one attached hydrogen (secondary N) is 2. The van der Waals surface area contributed by atoms with Crippen molar-refractivity contribution in [2.75, 3.05) is 5.32 Å². The topological polar surface area (TPSA) is 78.4 Å². The number of terminal acetylenes is 1. The highest BCUT2D eigenvalue weighted by Crippen LogP contribution is 2.10. The van der Waals surface area contributed by atoms with Gasteiger partial charge < -0.3 is 15.7 Å². The van der Waals surface area contributed by atoms with Gasteiger partial charge in [-0.05, 0) is 30.2 Å². The first-order valence-electron chi connectivity index (χ1n) is 6.60. The molecule has 0 aliphatic heterocycles. The maximum absolute atomic E-state index is 11.7. The Balaban J connectivity index is 2.57. The lowest BCUT2D eigenvalue weighted by Gasteiger charge is -2.13. The minimum absolute atomic E-state index is 0.284. The van der Waals surface area contributed by atoms with Crippen LogP contribution >= 0.6 is 0 Å². The van der Waals surface area contributed by atoms with Gasteiger partial charge in [0.25, 0.3) is 0 Å². The van der Waals surface area contributed by atoms with Crippen LogP contribution in [0.25, 0.3) is 6.08 Å². The minimum atomic E-state index is -1.01. The SMILES string of the molecule is C#CC(CCC)NC(=O)Nc1ccc(/C=C/C(=O)O)cc1. The monoisotopic (exact) mass is 286 g/mol. The quantitative estimate of drug-likeness (QED) is 0.555. The zero-order valence-corrected chi connectivity index (χ0v) is 11.8. The molecular weight excluding hydrogens is 268 g/mol. The Labute approximate surface area is 124 Å². The maximum atomic E-state index is 11.7. The number of carboxylic acid groups (broad SMARTS) is 1. The molecule has 0 fully saturated rings. The van der Waals surface area contributed by atoms with Gasteiger partial charge in [-0.25, -0.2) is 9.59 Å². The molecule has 1 aromatic rings. The van der Waals surface area contributed by atoms with E-state index in [0.717, 1.165) is 24.5 Å². The van der Waals surface area contributed by atoms with E-state index in [9.17, 15) is 9.59 Å². The van der Waals surface area contributed by atoms with E-state index in [1.54, 1.807) is 24.3 Å². The van der Waals surface area contributed by atoms with E-state index in [1.165, 1.54) is 6.08 Å². The van der Waals surface area contributed by atoms with Gasteiger partial charge in [0, 0.05) is 11.8 Å². The van der Waals surface area contributed by atoms with E-state index in [0.29, 0.717) is 5.69 Å². The number of aliphatic carboxylic acids is 1. The summed E-state index contributed by atoms with van der Waals surface area (Å²) in [7, 11) is 0. The number of urea groups is 1. The molecule has 0 spiro atoms. The standard InChI is InChI=1S/C16H18N2O3/c1-3-5-13(4-2)17-16(21)18-14-9-6-12(7-10-14)8-11-15(19)20/h2,6-11,13H,3,5H2,1H3,(H,19,20)(H2,17,18,21)/b11-8+. The molecule has 0 radical (unpaired) electrons. The number of hydrogen-bond acceptors (Lipinski definition) is 2. The highest BCUT2D eigenvalue weighted by atomic mass is 16.4. The Morgan fingerprint density at radius 2 is 2.05 bits per heavy atom. The van der Waals surface area contributed by atoms with Crippen LogP contribution in [-0.4, -0.2) is 23.1 Å². The summed E-state index contributed by atoms with van der Waals surface area (Å²) >= 11 is 0. The first-order valence-corrected chi connectivity index (χ1v) is 6.60. The largest absolute Gasteiger partial charge is 0.478 e. The lowest BCUT2D eigenvalue weighted by molar-refractivity contribution is -0.131. The molecule has 3 N–H and O–H groups in total. The highest BCUT2D eigenvalue weighted by Gasteiger charge is 2.08. The molecular formula is C16H18N2O3. The molecule has 110 valence electrons. The molecule has 0 saturated carbocycles. The summed E-state index contributed by atoms with van der Waals surface area (Å²) in [6, 6.07) is 6.14. The second-order valence-corrected chi connectivity index (χ2v) is 4.40. The Morgan fingerprint density at radius 3 is 2.57 bits per heavy atom. The minimum Gasteiger partial charge on any atom is -0.478 e. The van der Waals surface area contributed by atoms with Crippen molar-refractivity contribution in [1.82, 2.24) is 5.32 Å². The Morgan fingerprint density at radius 1 is 1.38 bits per heavy atom. The van der Waals surface area contributed by atoms with Gasteiger partial charge in [0.15, 0.2) is 0 Å². The molecule has 5 heteroatoms. The third-order valence-corrected chi connectivity index (χ3v) is 2.67. The number of hydrogen-bond donors (Lipinski definition) is 3. The van der Waals surface area contributed by atoms with Gasteiger partial charge in [0.1, 0.15) is 0 Å². The van der Waals surface area contributed by atoms with Crippen molar-refractivity contribution < 1.29 is 14.7 Å². The molecule has 2 amide bonds. The van der Waals surface area contributed by atoms with Gasteiger partial charge in [0.05, 0.1) is 6.04 Å². The fourth-order valence-corrected chi connectivity index (χ4v) is 1.66. The third-order valence-electron chi connectivity index (χ3n) is 2.67. The number of carbonyl (C=O) groups is 2. The van der Waals surface area contributed by atoms with Gasteiger partial charge in [-0.3, -0.25) is 0 Å². The second kappa shape index (κ2) is 8.43. The lowest BCUT2D eigenvalue weighted by atomic mass is 10.2. The third kappa shape index (κ3) is 6.30. The zero-order valence-electron chi connectivity index (χ0n) is 11.8. The van der Waals surface area contributed by atoms with E-state index in [4.69, 9.17) is 11.5 Å². The molecule has 1 unspecified atom stereocenters. The van der Waals surface area contributed by atoms with Crippen LogP contribution in [-0.2, 0) is 4.79 Å². The number of benzene rings is 1. The lowest BCUT2D eigenvalue weighted by Crippen LogP contribution is -2.36. The predicted octanol–water partition coefficient (Wildman–Crippen LogP) is 2.71. The van der Waals surface area contributed by atoms with Crippen LogP contribution in [0.2, 0.25) is 0 Å². The Kier molecular flexibility index (Phi) is 6.55. The number of amides is 2. The maximum Gasteiger partial charge on any atom is 0.328 e. The number of carbonyl (C=O) groups excluding carboxylic acids is 1. The summed E-state index contributed by atoms with van der Waals surface area (Å²) in [6.07, 6.45) is 9.47. The van der Waals surface area contributed by atoms with Crippen LogP contribution < -0.4 is 10.6 Å². The normalized spacial score (nSPS) is 11.6. The van der Waals surface area contributed by atoms with Crippen molar-refractivity contribution in [3.05, 3.63) is 35.9 Å². The average molecular weight is 286 g/mol. The molecule has 0 bridgehead atoms. The first kappa shape index (κ1) is 16.3. The van der Waals surface area contributed by atoms with Gasteiger partial charge in [-0.2, -0.15) is 0 Å². The van der Waals surface area contributed by atoms with Crippen LogP contribution in [0.1, 0.15) is 25.3 Å². The molecule has 0 heterocycles. The fourth-order valence-electron chi connectivity index (χ4n) is 1.66. The van der Waals surface area contributed by atoms with E-state index >= 15 is 0 Å². The molecule has 1 atom stereocenters. The van der Waals surface area contributed by atoms with Crippen molar-refractivity contribution >= 4 is 23.8 Å². The van der Waals surface area contributed by atoms with Gasteiger partial charge in [-0.15, -0.1) is 6.42 Å². The Bertz CT molecular complexity index is 556. The second-order valence-electron chi connectivity index (χ2n) is 4.40. The number of rotatable bonds is 6. The fraction of sp³-hybridized carbons (Fsp3) is 0.250. The molecule has 1 rings (SSSR count). The summed E-state index contributed by atoms with van der Waals surface area (Å²) in [4.78, 5) is 22.1. The van der Waals surface area contributed by atoms with E-state index in [1.807, 2.05) is 6.92 Å². The van der Waals surface area contributed by atoms with Crippen molar-refractivity contribution in [2.45, 2.75) is 25.8 Å². The van der Waals surface area contributed by atoms with Crippen molar-refractivity contribution in [3.8, 4) is 12.3 Å². The van der Waals surface area contributed by atoms with Crippen molar-refractivity contribution in [1.29, 1.82) is 0 Å². The Hall–Kier alpha value is -2.74. The molecule has 21 heavy (non-hydrogen) atoms. The average Bonchev–Trinajstić information content (AvgIpc) is 2.46. The predicted molar refractivity (Wildman–Crippen MR) is 82.8 cm³/mol. The molecule has 0 aliphatic rings. The van der Waals surface area contributed by atoms with Crippen LogP contribution in [0.15, 0.2) is 30.3 Å². The number of carboxylic acids is 1. The smallest absolute Gasteiger partial charge is 0.328 e. The van der Waals surface area contributed by atoms with Crippen LogP contribution in [0.3, 0.4) is 0 Å². The highest BCUT2D eigenvalue weighted by molar-refractivity contribution is 5.90. The zero-order chi connectivity index (χ0) is 15.7. The van der Waals surface area contributed by atoms with Crippen LogP contribution in [0.5, 0.6) is 0 Å². The number of anilines is 1. The summed E-state index contributed by atoms with van der Waals surface area (Å²) in [5.74, 6) is 1.51. The van der Waals surface area contributed by atoms with E-state index < -0.39 is 5.97 Å². The molecule has 0 aromatic heterocycles. The first-order chi connectivity index (χ1) is 10.0. The van der Waals surface area contributed by atoms with Crippen LogP contribution in [0.4, 0.5) is 10.5 Å². The van der Waals surface area contributed by atoms with E-state index in [2.05, 4.69) is 16.6 Å². The summed E-state index contributed by atoms with van der Waals surface area (Å²) < 4.78 is 0. The molecule has 5 nitrogen and oxygen atoms in total. The summed E-state index contributed by atoms with van der Waals surface area (Å²) in [5, 5.41) is 13.9. The van der Waals surface area contributed by atoms with Gasteiger partial charge in [0.2, 0.25) is 0 Å². The van der Waals surface area contributed by atoms with Crippen molar-refractivity contribution in [3.63, 3.8) is 0 Å².